The molecule has 8 nitrogen and oxygen atoms in total. The summed E-state index contributed by atoms with van der Waals surface area (Å²) in [5.41, 5.74) is 1.01. The summed E-state index contributed by atoms with van der Waals surface area (Å²) in [6.07, 6.45) is -0.00822. The number of carbonyl (C=O) groups is 3. The van der Waals surface area contributed by atoms with Gasteiger partial charge in [0.15, 0.2) is 5.69 Å². The number of amides is 2. The van der Waals surface area contributed by atoms with E-state index >= 15 is 0 Å². The highest BCUT2D eigenvalue weighted by Gasteiger charge is 2.15. The lowest BCUT2D eigenvalue weighted by atomic mass is 10.2. The van der Waals surface area contributed by atoms with Crippen molar-refractivity contribution in [2.75, 3.05) is 6.54 Å². The Morgan fingerprint density at radius 3 is 2.77 bits per heavy atom. The number of rotatable bonds is 6. The zero-order valence-electron chi connectivity index (χ0n) is 11.9. The summed E-state index contributed by atoms with van der Waals surface area (Å²) >= 11 is 0. The normalized spacial score (nSPS) is 11.9. The van der Waals surface area contributed by atoms with Crippen molar-refractivity contribution in [3.05, 3.63) is 30.0 Å². The van der Waals surface area contributed by atoms with Crippen molar-refractivity contribution in [3.63, 3.8) is 0 Å². The summed E-state index contributed by atoms with van der Waals surface area (Å²) in [7, 11) is 0. The van der Waals surface area contributed by atoms with Crippen LogP contribution in [-0.4, -0.2) is 45.7 Å². The van der Waals surface area contributed by atoms with Gasteiger partial charge in [0.1, 0.15) is 6.04 Å². The second-order valence-corrected chi connectivity index (χ2v) is 4.75. The zero-order chi connectivity index (χ0) is 16.1. The van der Waals surface area contributed by atoms with E-state index < -0.39 is 23.8 Å². The standard InChI is InChI=1S/C14H16N4O4/c1-8(14(21)22)16-11(19)6-7-15-13(20)12-9-4-2-3-5-10(9)17-18-12/h2-5,8H,6-7H2,1H3,(H,15,20)(H,16,19)(H,17,18)(H,21,22)/t8-/m0/s1. The molecule has 2 amide bonds. The van der Waals surface area contributed by atoms with Crippen molar-refractivity contribution in [1.82, 2.24) is 20.8 Å². The maximum Gasteiger partial charge on any atom is 0.325 e. The van der Waals surface area contributed by atoms with Gasteiger partial charge in [-0.25, -0.2) is 0 Å². The molecule has 0 spiro atoms. The van der Waals surface area contributed by atoms with Crippen LogP contribution in [0.2, 0.25) is 0 Å². The molecule has 8 heteroatoms. The summed E-state index contributed by atoms with van der Waals surface area (Å²) in [5.74, 6) is -1.95. The minimum atomic E-state index is -1.11. The Balaban J connectivity index is 1.86. The first-order valence-electron chi connectivity index (χ1n) is 6.72. The predicted molar refractivity (Wildman–Crippen MR) is 78.3 cm³/mol. The van der Waals surface area contributed by atoms with Crippen LogP contribution in [0.3, 0.4) is 0 Å². The number of aromatic amines is 1. The van der Waals surface area contributed by atoms with Crippen LogP contribution in [0, 0.1) is 0 Å². The van der Waals surface area contributed by atoms with Crippen molar-refractivity contribution in [3.8, 4) is 0 Å². The molecule has 0 saturated heterocycles. The number of carboxylic acids is 1. The first-order chi connectivity index (χ1) is 10.5. The van der Waals surface area contributed by atoms with E-state index in [-0.39, 0.29) is 18.7 Å². The van der Waals surface area contributed by atoms with Gasteiger partial charge in [-0.2, -0.15) is 5.10 Å². The Hall–Kier alpha value is -2.90. The molecule has 0 aliphatic heterocycles. The maximum absolute atomic E-state index is 12.0. The molecule has 116 valence electrons. The molecule has 0 saturated carbocycles. The fourth-order valence-corrected chi connectivity index (χ4v) is 1.89. The van der Waals surface area contributed by atoms with Crippen molar-refractivity contribution >= 4 is 28.7 Å². The molecule has 1 aromatic heterocycles. The quantitative estimate of drug-likeness (QED) is 0.610. The molecule has 0 bridgehead atoms. The molecule has 0 radical (unpaired) electrons. The van der Waals surface area contributed by atoms with Crippen LogP contribution in [0.25, 0.3) is 10.9 Å². The molecule has 22 heavy (non-hydrogen) atoms. The SMILES string of the molecule is C[C@H](NC(=O)CCNC(=O)c1n[nH]c2ccccc12)C(=O)O. The monoisotopic (exact) mass is 304 g/mol. The predicted octanol–water partition coefficient (Wildman–Crippen LogP) is 0.272. The van der Waals surface area contributed by atoms with Gasteiger partial charge in [0.25, 0.3) is 5.91 Å². The fourth-order valence-electron chi connectivity index (χ4n) is 1.89. The third kappa shape index (κ3) is 3.60. The van der Waals surface area contributed by atoms with E-state index in [2.05, 4.69) is 20.8 Å². The third-order valence-electron chi connectivity index (χ3n) is 3.07. The number of nitrogens with zero attached hydrogens (tertiary/aromatic N) is 1. The molecule has 0 unspecified atom stereocenters. The lowest BCUT2D eigenvalue weighted by molar-refractivity contribution is -0.141. The number of carbonyl (C=O) groups excluding carboxylic acids is 2. The van der Waals surface area contributed by atoms with Gasteiger partial charge >= 0.3 is 5.97 Å². The highest BCUT2D eigenvalue weighted by Crippen LogP contribution is 2.14. The molecule has 1 atom stereocenters. The van der Waals surface area contributed by atoms with Gasteiger partial charge in [-0.15, -0.1) is 0 Å². The number of nitrogens with one attached hydrogen (secondary N) is 3. The number of benzene rings is 1. The minimum absolute atomic E-state index is 0.00822. The number of fused-ring (bicyclic) bond motifs is 1. The van der Waals surface area contributed by atoms with Crippen LogP contribution in [0.5, 0.6) is 0 Å². The second kappa shape index (κ2) is 6.70. The van der Waals surface area contributed by atoms with E-state index in [9.17, 15) is 14.4 Å². The maximum atomic E-state index is 12.0. The number of hydrogen-bond acceptors (Lipinski definition) is 4. The van der Waals surface area contributed by atoms with Crippen molar-refractivity contribution in [2.24, 2.45) is 0 Å². The molecule has 1 aromatic carbocycles. The summed E-state index contributed by atoms with van der Waals surface area (Å²) in [6, 6.07) is 6.25. The van der Waals surface area contributed by atoms with Crippen molar-refractivity contribution in [2.45, 2.75) is 19.4 Å². The molecule has 2 rings (SSSR count). The topological polar surface area (TPSA) is 124 Å². The van der Waals surface area contributed by atoms with E-state index in [4.69, 9.17) is 5.11 Å². The van der Waals surface area contributed by atoms with E-state index in [1.165, 1.54) is 6.92 Å². The Kier molecular flexibility index (Phi) is 4.72. The van der Waals surface area contributed by atoms with Crippen LogP contribution in [-0.2, 0) is 9.59 Å². The molecule has 0 fully saturated rings. The average Bonchev–Trinajstić information content (AvgIpc) is 2.90. The molecule has 2 aromatic rings. The molecule has 4 N–H and O–H groups in total. The Labute approximate surface area is 125 Å². The molecule has 1 heterocycles. The summed E-state index contributed by atoms with van der Waals surface area (Å²) < 4.78 is 0. The van der Waals surface area contributed by atoms with Crippen molar-refractivity contribution in [1.29, 1.82) is 0 Å². The van der Waals surface area contributed by atoms with Gasteiger partial charge in [-0.1, -0.05) is 18.2 Å². The average molecular weight is 304 g/mol. The Morgan fingerprint density at radius 1 is 1.32 bits per heavy atom. The lowest BCUT2D eigenvalue weighted by Gasteiger charge is -2.09. The van der Waals surface area contributed by atoms with E-state index in [0.717, 1.165) is 5.52 Å². The minimum Gasteiger partial charge on any atom is -0.480 e. The highest BCUT2D eigenvalue weighted by molar-refractivity contribution is 6.04. The second-order valence-electron chi connectivity index (χ2n) is 4.75. The van der Waals surface area contributed by atoms with Crippen LogP contribution < -0.4 is 10.6 Å². The van der Waals surface area contributed by atoms with Crippen LogP contribution in [0.15, 0.2) is 24.3 Å². The zero-order valence-corrected chi connectivity index (χ0v) is 11.9. The molecular weight excluding hydrogens is 288 g/mol. The summed E-state index contributed by atoms with van der Waals surface area (Å²) in [5, 5.41) is 21.0. The van der Waals surface area contributed by atoms with Crippen LogP contribution >= 0.6 is 0 Å². The van der Waals surface area contributed by atoms with Gasteiger partial charge in [-0.05, 0) is 13.0 Å². The number of aromatic nitrogens is 2. The molecule has 0 aliphatic carbocycles. The number of carboxylic acid groups (broad SMARTS) is 1. The number of para-hydroxylation sites is 1. The summed E-state index contributed by atoms with van der Waals surface area (Å²) in [4.78, 5) is 34.1. The Morgan fingerprint density at radius 2 is 2.05 bits per heavy atom. The summed E-state index contributed by atoms with van der Waals surface area (Å²) in [6.45, 7) is 1.47. The largest absolute Gasteiger partial charge is 0.480 e. The smallest absolute Gasteiger partial charge is 0.325 e. The number of aliphatic carboxylic acids is 1. The van der Waals surface area contributed by atoms with Crippen LogP contribution in [0.1, 0.15) is 23.8 Å². The van der Waals surface area contributed by atoms with Gasteiger partial charge in [0.2, 0.25) is 5.91 Å². The van der Waals surface area contributed by atoms with E-state index in [0.29, 0.717) is 5.39 Å². The number of H-pyrrole nitrogens is 1. The van der Waals surface area contributed by atoms with Gasteiger partial charge < -0.3 is 15.7 Å². The fraction of sp³-hybridized carbons (Fsp3) is 0.286. The lowest BCUT2D eigenvalue weighted by Crippen LogP contribution is -2.39. The highest BCUT2D eigenvalue weighted by atomic mass is 16.4. The van der Waals surface area contributed by atoms with Gasteiger partial charge in [0, 0.05) is 18.4 Å². The Bertz CT molecular complexity index is 710. The first kappa shape index (κ1) is 15.5. The van der Waals surface area contributed by atoms with Crippen LogP contribution in [0.4, 0.5) is 0 Å². The first-order valence-corrected chi connectivity index (χ1v) is 6.72. The van der Waals surface area contributed by atoms with E-state index in [1.807, 2.05) is 6.07 Å². The molecular formula is C14H16N4O4. The molecule has 0 aliphatic rings. The number of hydrogen-bond donors (Lipinski definition) is 4. The van der Waals surface area contributed by atoms with Gasteiger partial charge in [-0.3, -0.25) is 19.5 Å². The van der Waals surface area contributed by atoms with E-state index in [1.54, 1.807) is 18.2 Å². The third-order valence-corrected chi connectivity index (χ3v) is 3.07. The van der Waals surface area contributed by atoms with Crippen molar-refractivity contribution < 1.29 is 19.5 Å². The van der Waals surface area contributed by atoms with Gasteiger partial charge in [0.05, 0.1) is 5.52 Å².